The van der Waals surface area contributed by atoms with E-state index in [1.807, 2.05) is 6.07 Å². The molecular weight excluding hydrogens is 302 g/mol. The Balaban J connectivity index is 2.17. The Morgan fingerprint density at radius 3 is 2.55 bits per heavy atom. The molecule has 2 N–H and O–H groups in total. The molecule has 22 heavy (non-hydrogen) atoms. The van der Waals surface area contributed by atoms with Gasteiger partial charge in [0, 0.05) is 6.54 Å². The summed E-state index contributed by atoms with van der Waals surface area (Å²) >= 11 is 1.25. The molecule has 0 aliphatic heterocycles. The number of benzene rings is 1. The first-order valence-electron chi connectivity index (χ1n) is 6.67. The van der Waals surface area contributed by atoms with Crippen molar-refractivity contribution in [3.63, 3.8) is 0 Å². The summed E-state index contributed by atoms with van der Waals surface area (Å²) in [6.45, 7) is 1.59. The van der Waals surface area contributed by atoms with Crippen molar-refractivity contribution in [2.24, 2.45) is 0 Å². The molecule has 0 saturated heterocycles. The second-order valence-corrected chi connectivity index (χ2v) is 5.92. The van der Waals surface area contributed by atoms with Crippen molar-refractivity contribution in [3.05, 3.63) is 52.2 Å². The molecule has 0 radical (unpaired) electrons. The lowest BCUT2D eigenvalue weighted by Crippen LogP contribution is -2.44. The zero-order chi connectivity index (χ0) is 16.2. The van der Waals surface area contributed by atoms with Crippen LogP contribution in [0.1, 0.15) is 22.2 Å². The Morgan fingerprint density at radius 2 is 1.95 bits per heavy atom. The Hall–Kier alpha value is -2.34. The molecule has 1 aromatic carbocycles. The maximum Gasteiger partial charge on any atom is 0.315 e. The molecule has 2 rings (SSSR count). The minimum Gasteiger partial charge on any atom is -0.495 e. The van der Waals surface area contributed by atoms with Crippen LogP contribution in [0, 0.1) is 0 Å². The lowest BCUT2D eigenvalue weighted by molar-refractivity contribution is -0.142. The van der Waals surface area contributed by atoms with Crippen LogP contribution in [-0.4, -0.2) is 30.6 Å². The van der Waals surface area contributed by atoms with E-state index in [9.17, 15) is 14.7 Å². The number of aliphatic carboxylic acids is 1. The minimum atomic E-state index is -1.19. The van der Waals surface area contributed by atoms with E-state index in [-0.39, 0.29) is 12.5 Å². The highest BCUT2D eigenvalue weighted by Crippen LogP contribution is 2.26. The first-order chi connectivity index (χ1) is 10.5. The fraction of sp³-hybridized carbons (Fsp3) is 0.250. The molecule has 6 heteroatoms. The van der Waals surface area contributed by atoms with Gasteiger partial charge in [-0.15, -0.1) is 11.3 Å². The second kappa shape index (κ2) is 6.62. The summed E-state index contributed by atoms with van der Waals surface area (Å²) in [5, 5.41) is 14.0. The summed E-state index contributed by atoms with van der Waals surface area (Å²) in [4.78, 5) is 24.3. The summed E-state index contributed by atoms with van der Waals surface area (Å²) in [5.41, 5.74) is -0.553. The van der Waals surface area contributed by atoms with Crippen molar-refractivity contribution in [1.82, 2.24) is 5.32 Å². The van der Waals surface area contributed by atoms with Gasteiger partial charge in [-0.25, -0.2) is 0 Å². The van der Waals surface area contributed by atoms with Crippen LogP contribution >= 0.6 is 11.3 Å². The first kappa shape index (κ1) is 16.0. The van der Waals surface area contributed by atoms with E-state index in [2.05, 4.69) is 5.32 Å². The van der Waals surface area contributed by atoms with Crippen LogP contribution < -0.4 is 10.1 Å². The highest BCUT2D eigenvalue weighted by molar-refractivity contribution is 7.12. The Morgan fingerprint density at radius 1 is 1.27 bits per heavy atom. The molecule has 2 aromatic rings. The summed E-state index contributed by atoms with van der Waals surface area (Å²) in [5.74, 6) is -0.841. The summed E-state index contributed by atoms with van der Waals surface area (Å²) in [6, 6.07) is 10.6. The van der Waals surface area contributed by atoms with E-state index in [4.69, 9.17) is 4.74 Å². The van der Waals surface area contributed by atoms with Gasteiger partial charge in [-0.2, -0.15) is 0 Å². The third kappa shape index (κ3) is 3.12. The van der Waals surface area contributed by atoms with Gasteiger partial charge < -0.3 is 15.2 Å². The number of carbonyl (C=O) groups is 2. The molecule has 1 unspecified atom stereocenters. The Bertz CT molecular complexity index is 668. The van der Waals surface area contributed by atoms with Gasteiger partial charge in [0.2, 0.25) is 0 Å². The summed E-state index contributed by atoms with van der Waals surface area (Å²) in [7, 11) is 1.49. The van der Waals surface area contributed by atoms with E-state index < -0.39 is 11.4 Å². The molecule has 0 bridgehead atoms. The van der Waals surface area contributed by atoms with Crippen LogP contribution in [0.15, 0.2) is 41.8 Å². The number of hydrogen-bond acceptors (Lipinski definition) is 4. The monoisotopic (exact) mass is 319 g/mol. The number of carboxylic acids is 1. The average Bonchev–Trinajstić information content (AvgIpc) is 3.01. The van der Waals surface area contributed by atoms with Gasteiger partial charge in [0.05, 0.1) is 7.11 Å². The average molecular weight is 319 g/mol. The smallest absolute Gasteiger partial charge is 0.315 e. The topological polar surface area (TPSA) is 75.6 Å². The quantitative estimate of drug-likeness (QED) is 0.858. The molecule has 0 aliphatic rings. The van der Waals surface area contributed by atoms with Gasteiger partial charge in [0.15, 0.2) is 0 Å². The fourth-order valence-corrected chi connectivity index (χ4v) is 2.84. The van der Waals surface area contributed by atoms with Crippen LogP contribution in [0.4, 0.5) is 0 Å². The van der Waals surface area contributed by atoms with Crippen molar-refractivity contribution >= 4 is 23.2 Å². The third-order valence-corrected chi connectivity index (χ3v) is 4.44. The second-order valence-electron chi connectivity index (χ2n) is 5.00. The molecule has 0 aliphatic carbocycles. The molecule has 1 aromatic heterocycles. The van der Waals surface area contributed by atoms with Gasteiger partial charge in [0.25, 0.3) is 5.91 Å². The highest BCUT2D eigenvalue weighted by Gasteiger charge is 2.35. The van der Waals surface area contributed by atoms with Gasteiger partial charge in [0.1, 0.15) is 16.0 Å². The van der Waals surface area contributed by atoms with Crippen LogP contribution in [0.3, 0.4) is 0 Å². The third-order valence-electron chi connectivity index (χ3n) is 3.54. The number of rotatable bonds is 6. The van der Waals surface area contributed by atoms with Crippen molar-refractivity contribution in [3.8, 4) is 5.75 Å². The highest BCUT2D eigenvalue weighted by atomic mass is 32.1. The number of ether oxygens (including phenoxy) is 1. The molecule has 0 fully saturated rings. The van der Waals surface area contributed by atoms with Gasteiger partial charge in [-0.1, -0.05) is 30.3 Å². The van der Waals surface area contributed by atoms with Crippen molar-refractivity contribution < 1.29 is 19.4 Å². The van der Waals surface area contributed by atoms with E-state index in [0.717, 1.165) is 0 Å². The minimum absolute atomic E-state index is 0.00770. The molecule has 1 atom stereocenters. The van der Waals surface area contributed by atoms with Crippen LogP contribution in [0.2, 0.25) is 0 Å². The van der Waals surface area contributed by atoms with E-state index in [0.29, 0.717) is 16.2 Å². The standard InChI is InChI=1S/C16H17NO4S/c1-16(15(19)20,11-6-4-3-5-7-11)10-17-14(18)13-12(21-2)8-9-22-13/h3-9H,10H2,1-2H3,(H,17,18)(H,19,20). The predicted octanol–water partition coefficient (Wildman–Crippen LogP) is 2.53. The predicted molar refractivity (Wildman–Crippen MR) is 84.6 cm³/mol. The van der Waals surface area contributed by atoms with Crippen LogP contribution in [-0.2, 0) is 10.2 Å². The number of thiophene rings is 1. The van der Waals surface area contributed by atoms with Crippen LogP contribution in [0.25, 0.3) is 0 Å². The zero-order valence-corrected chi connectivity index (χ0v) is 13.1. The molecule has 1 heterocycles. The van der Waals surface area contributed by atoms with Gasteiger partial charge in [-0.05, 0) is 23.9 Å². The number of nitrogens with one attached hydrogen (secondary N) is 1. The summed E-state index contributed by atoms with van der Waals surface area (Å²) < 4.78 is 5.10. The SMILES string of the molecule is COc1ccsc1C(=O)NCC(C)(C(=O)O)c1ccccc1. The van der Waals surface area contributed by atoms with Gasteiger partial charge in [-0.3, -0.25) is 9.59 Å². The molecule has 0 saturated carbocycles. The van der Waals surface area contributed by atoms with Gasteiger partial charge >= 0.3 is 5.97 Å². The maximum atomic E-state index is 12.2. The zero-order valence-electron chi connectivity index (χ0n) is 12.3. The number of amides is 1. The Kier molecular flexibility index (Phi) is 4.82. The fourth-order valence-electron chi connectivity index (χ4n) is 2.07. The normalized spacial score (nSPS) is 13.2. The van der Waals surface area contributed by atoms with E-state index in [1.54, 1.807) is 42.6 Å². The van der Waals surface area contributed by atoms with Crippen molar-refractivity contribution in [1.29, 1.82) is 0 Å². The van der Waals surface area contributed by atoms with E-state index >= 15 is 0 Å². The van der Waals surface area contributed by atoms with Crippen molar-refractivity contribution in [2.45, 2.75) is 12.3 Å². The molecule has 1 amide bonds. The lowest BCUT2D eigenvalue weighted by Gasteiger charge is -2.25. The van der Waals surface area contributed by atoms with E-state index in [1.165, 1.54) is 18.4 Å². The number of carboxylic acid groups (broad SMARTS) is 1. The number of hydrogen-bond donors (Lipinski definition) is 2. The summed E-state index contributed by atoms with van der Waals surface area (Å²) in [6.07, 6.45) is 0. The molecule has 116 valence electrons. The molecular formula is C16H17NO4S. The molecule has 0 spiro atoms. The lowest BCUT2D eigenvalue weighted by atomic mass is 9.82. The maximum absolute atomic E-state index is 12.2. The Labute approximate surface area is 132 Å². The molecule has 5 nitrogen and oxygen atoms in total. The number of carbonyl (C=O) groups excluding carboxylic acids is 1. The largest absolute Gasteiger partial charge is 0.495 e. The van der Waals surface area contributed by atoms with Crippen molar-refractivity contribution in [2.75, 3.05) is 13.7 Å². The van der Waals surface area contributed by atoms with Crippen LogP contribution in [0.5, 0.6) is 5.75 Å². The first-order valence-corrected chi connectivity index (χ1v) is 7.55. The number of methoxy groups -OCH3 is 1.